The van der Waals surface area contributed by atoms with E-state index in [1.54, 1.807) is 23.5 Å². The molecule has 1 aromatic heterocycles. The lowest BCUT2D eigenvalue weighted by Gasteiger charge is -2.34. The van der Waals surface area contributed by atoms with Gasteiger partial charge in [-0.05, 0) is 12.1 Å². The summed E-state index contributed by atoms with van der Waals surface area (Å²) in [6.07, 6.45) is 0. The van der Waals surface area contributed by atoms with Crippen LogP contribution in [0.4, 0.5) is 0 Å². The number of nitrogens with zero attached hydrogens (tertiary/aromatic N) is 3. The van der Waals surface area contributed by atoms with Gasteiger partial charge in [-0.3, -0.25) is 9.69 Å². The van der Waals surface area contributed by atoms with Crippen LogP contribution in [-0.2, 0) is 6.54 Å². The van der Waals surface area contributed by atoms with E-state index in [0.29, 0.717) is 35.2 Å². The van der Waals surface area contributed by atoms with Crippen LogP contribution in [0.1, 0.15) is 16.1 Å². The molecule has 3 aromatic rings. The molecule has 0 radical (unpaired) electrons. The van der Waals surface area contributed by atoms with Crippen LogP contribution < -0.4 is 9.47 Å². The minimum Gasteiger partial charge on any atom is -0.493 e. The van der Waals surface area contributed by atoms with Crippen molar-refractivity contribution in [2.24, 2.45) is 0 Å². The minimum absolute atomic E-state index is 0.0532. The summed E-state index contributed by atoms with van der Waals surface area (Å²) in [5, 5.41) is 3.52. The molecule has 8 heteroatoms. The first-order valence-electron chi connectivity index (χ1n) is 10.0. The highest BCUT2D eigenvalue weighted by Crippen LogP contribution is 2.36. The number of hydrogen-bond acceptors (Lipinski definition) is 6. The number of halogens is 1. The standard InChI is InChI=1S/C23H24ClN3O3S/c1-29-20-13-17(12-19(24)21(20)30-2)23(28)27-10-8-26(9-11-27)14-18-15-31-22(25-18)16-6-4-3-5-7-16/h3-7,12-13,15H,8-11,14H2,1-2H3. The summed E-state index contributed by atoms with van der Waals surface area (Å²) in [5.41, 5.74) is 2.71. The van der Waals surface area contributed by atoms with Crippen molar-refractivity contribution in [3.63, 3.8) is 0 Å². The third kappa shape index (κ3) is 4.84. The van der Waals surface area contributed by atoms with Gasteiger partial charge in [0.05, 0.1) is 24.9 Å². The average molecular weight is 458 g/mol. The van der Waals surface area contributed by atoms with Gasteiger partial charge in [0.1, 0.15) is 5.01 Å². The summed E-state index contributed by atoms with van der Waals surface area (Å²) in [6, 6.07) is 13.5. The zero-order chi connectivity index (χ0) is 21.8. The smallest absolute Gasteiger partial charge is 0.254 e. The van der Waals surface area contributed by atoms with Gasteiger partial charge in [0.2, 0.25) is 0 Å². The molecular formula is C23H24ClN3O3S. The van der Waals surface area contributed by atoms with E-state index in [0.717, 1.165) is 35.9 Å². The predicted molar refractivity (Wildman–Crippen MR) is 123 cm³/mol. The minimum atomic E-state index is -0.0532. The maximum atomic E-state index is 13.0. The van der Waals surface area contributed by atoms with Crippen LogP contribution in [-0.4, -0.2) is 61.1 Å². The molecular weight excluding hydrogens is 434 g/mol. The number of hydrogen-bond donors (Lipinski definition) is 0. The lowest BCUT2D eigenvalue weighted by atomic mass is 10.1. The molecule has 31 heavy (non-hydrogen) atoms. The quantitative estimate of drug-likeness (QED) is 0.547. The van der Waals surface area contributed by atoms with Crippen LogP contribution in [0.15, 0.2) is 47.8 Å². The fraction of sp³-hybridized carbons (Fsp3) is 0.304. The molecule has 162 valence electrons. The van der Waals surface area contributed by atoms with E-state index in [1.807, 2.05) is 23.1 Å². The van der Waals surface area contributed by atoms with Crippen molar-refractivity contribution in [3.8, 4) is 22.1 Å². The van der Waals surface area contributed by atoms with E-state index < -0.39 is 0 Å². The van der Waals surface area contributed by atoms with Crippen LogP contribution in [0, 0.1) is 0 Å². The third-order valence-corrected chi connectivity index (χ3v) is 6.52. The second kappa shape index (κ2) is 9.68. The van der Waals surface area contributed by atoms with E-state index in [2.05, 4.69) is 22.4 Å². The Hall–Kier alpha value is -2.61. The number of amides is 1. The lowest BCUT2D eigenvalue weighted by molar-refractivity contribution is 0.0627. The van der Waals surface area contributed by atoms with Gasteiger partial charge in [-0.1, -0.05) is 41.9 Å². The fourth-order valence-electron chi connectivity index (χ4n) is 3.66. The molecule has 1 aliphatic rings. The van der Waals surface area contributed by atoms with Crippen molar-refractivity contribution in [1.82, 2.24) is 14.8 Å². The first kappa shape index (κ1) is 21.6. The maximum absolute atomic E-state index is 13.0. The van der Waals surface area contributed by atoms with E-state index >= 15 is 0 Å². The molecule has 0 unspecified atom stereocenters. The Morgan fingerprint density at radius 2 is 1.84 bits per heavy atom. The Morgan fingerprint density at radius 1 is 1.10 bits per heavy atom. The number of ether oxygens (including phenoxy) is 2. The van der Waals surface area contributed by atoms with Gasteiger partial charge < -0.3 is 14.4 Å². The summed E-state index contributed by atoms with van der Waals surface area (Å²) in [6.45, 7) is 3.68. The number of thiazole rings is 1. The van der Waals surface area contributed by atoms with Gasteiger partial charge in [-0.25, -0.2) is 4.98 Å². The normalized spacial score (nSPS) is 14.5. The highest BCUT2D eigenvalue weighted by molar-refractivity contribution is 7.13. The molecule has 0 aliphatic carbocycles. The number of aromatic nitrogens is 1. The maximum Gasteiger partial charge on any atom is 0.254 e. The number of piperazine rings is 1. The van der Waals surface area contributed by atoms with Crippen molar-refractivity contribution >= 4 is 28.8 Å². The Balaban J connectivity index is 1.36. The Labute approximate surface area is 191 Å². The van der Waals surface area contributed by atoms with Crippen molar-refractivity contribution in [2.45, 2.75) is 6.54 Å². The first-order chi connectivity index (χ1) is 15.1. The summed E-state index contributed by atoms with van der Waals surface area (Å²) >= 11 is 7.93. The van der Waals surface area contributed by atoms with Crippen LogP contribution in [0.2, 0.25) is 5.02 Å². The summed E-state index contributed by atoms with van der Waals surface area (Å²) in [5.74, 6) is 0.834. The van der Waals surface area contributed by atoms with Gasteiger partial charge in [0.15, 0.2) is 11.5 Å². The monoisotopic (exact) mass is 457 g/mol. The molecule has 4 rings (SSSR count). The van der Waals surface area contributed by atoms with Crippen LogP contribution in [0.3, 0.4) is 0 Å². The predicted octanol–water partition coefficient (Wildman–Crippen LogP) is 4.44. The molecule has 0 spiro atoms. The van der Waals surface area contributed by atoms with Crippen molar-refractivity contribution in [3.05, 3.63) is 64.1 Å². The lowest BCUT2D eigenvalue weighted by Crippen LogP contribution is -2.48. The summed E-state index contributed by atoms with van der Waals surface area (Å²) in [7, 11) is 3.05. The van der Waals surface area contributed by atoms with E-state index in [1.165, 1.54) is 14.2 Å². The second-order valence-electron chi connectivity index (χ2n) is 7.27. The van der Waals surface area contributed by atoms with Crippen LogP contribution >= 0.6 is 22.9 Å². The van der Waals surface area contributed by atoms with Crippen LogP contribution in [0.25, 0.3) is 10.6 Å². The van der Waals surface area contributed by atoms with E-state index in [9.17, 15) is 4.79 Å². The van der Waals surface area contributed by atoms with Gasteiger partial charge >= 0.3 is 0 Å². The largest absolute Gasteiger partial charge is 0.493 e. The summed E-state index contributed by atoms with van der Waals surface area (Å²) in [4.78, 5) is 21.9. The van der Waals surface area contributed by atoms with E-state index in [-0.39, 0.29) is 5.91 Å². The SMILES string of the molecule is COc1cc(C(=O)N2CCN(Cc3csc(-c4ccccc4)n3)CC2)cc(Cl)c1OC. The summed E-state index contributed by atoms with van der Waals surface area (Å²) < 4.78 is 10.6. The van der Waals surface area contributed by atoms with Crippen molar-refractivity contribution in [2.75, 3.05) is 40.4 Å². The molecule has 2 heterocycles. The molecule has 1 aliphatic heterocycles. The third-order valence-electron chi connectivity index (χ3n) is 5.30. The number of benzene rings is 2. The highest BCUT2D eigenvalue weighted by atomic mass is 35.5. The number of methoxy groups -OCH3 is 2. The van der Waals surface area contributed by atoms with Crippen molar-refractivity contribution < 1.29 is 14.3 Å². The van der Waals surface area contributed by atoms with Gasteiger partial charge in [-0.2, -0.15) is 0 Å². The zero-order valence-electron chi connectivity index (χ0n) is 17.5. The number of carbonyl (C=O) groups is 1. The second-order valence-corrected chi connectivity index (χ2v) is 8.54. The zero-order valence-corrected chi connectivity index (χ0v) is 19.1. The van der Waals surface area contributed by atoms with Crippen molar-refractivity contribution in [1.29, 1.82) is 0 Å². The molecule has 1 saturated heterocycles. The van der Waals surface area contributed by atoms with Crippen LogP contribution in [0.5, 0.6) is 11.5 Å². The molecule has 2 aromatic carbocycles. The fourth-order valence-corrected chi connectivity index (χ4v) is 4.76. The molecule has 0 bridgehead atoms. The topological polar surface area (TPSA) is 54.9 Å². The molecule has 0 saturated carbocycles. The number of rotatable bonds is 6. The Morgan fingerprint density at radius 3 is 2.52 bits per heavy atom. The Bertz CT molecular complexity index is 1050. The molecule has 1 fully saturated rings. The van der Waals surface area contributed by atoms with Gasteiger partial charge in [-0.15, -0.1) is 11.3 Å². The molecule has 0 atom stereocenters. The number of carbonyl (C=O) groups excluding carboxylic acids is 1. The van der Waals surface area contributed by atoms with Gasteiger partial charge in [0.25, 0.3) is 5.91 Å². The first-order valence-corrected chi connectivity index (χ1v) is 11.3. The van der Waals surface area contributed by atoms with Gasteiger partial charge in [0, 0.05) is 49.2 Å². The highest BCUT2D eigenvalue weighted by Gasteiger charge is 2.24. The molecule has 0 N–H and O–H groups in total. The molecule has 6 nitrogen and oxygen atoms in total. The molecule has 1 amide bonds. The average Bonchev–Trinajstić information content (AvgIpc) is 3.27. The Kier molecular flexibility index (Phi) is 6.75. The van der Waals surface area contributed by atoms with E-state index in [4.69, 9.17) is 26.1 Å².